The van der Waals surface area contributed by atoms with Gasteiger partial charge in [-0.1, -0.05) is 0 Å². The van der Waals surface area contributed by atoms with Crippen molar-refractivity contribution in [3.63, 3.8) is 0 Å². The van der Waals surface area contributed by atoms with Crippen LogP contribution in [0.3, 0.4) is 0 Å². The number of alkyl halides is 2. The summed E-state index contributed by atoms with van der Waals surface area (Å²) in [6.07, 6.45) is -0.846. The van der Waals surface area contributed by atoms with Crippen LogP contribution in [-0.4, -0.2) is 25.7 Å². The van der Waals surface area contributed by atoms with Crippen molar-refractivity contribution in [3.8, 4) is 0 Å². The SMILES string of the molecule is CNC(=O)OCC(C)(F)F.[HH]. The molecule has 62 valence electrons. The molecule has 10 heavy (non-hydrogen) atoms. The first-order valence-corrected chi connectivity index (χ1v) is 2.68. The summed E-state index contributed by atoms with van der Waals surface area (Å²) in [6.45, 7) is -0.206. The van der Waals surface area contributed by atoms with Crippen LogP contribution in [0.5, 0.6) is 0 Å². The summed E-state index contributed by atoms with van der Waals surface area (Å²) in [5, 5.41) is 2.04. The number of hydrogen-bond acceptors (Lipinski definition) is 2. The molecule has 0 atom stereocenters. The van der Waals surface area contributed by atoms with E-state index in [9.17, 15) is 13.6 Å². The Morgan fingerprint density at radius 2 is 2.30 bits per heavy atom. The molecule has 0 bridgehead atoms. The predicted molar refractivity (Wildman–Crippen MR) is 33.1 cm³/mol. The third-order valence-corrected chi connectivity index (χ3v) is 0.661. The highest BCUT2D eigenvalue weighted by atomic mass is 19.3. The van der Waals surface area contributed by atoms with E-state index < -0.39 is 18.6 Å². The Morgan fingerprint density at radius 1 is 1.80 bits per heavy atom. The molecule has 0 aromatic carbocycles. The lowest BCUT2D eigenvalue weighted by Crippen LogP contribution is -2.26. The molecule has 0 unspecified atom stereocenters. The van der Waals surface area contributed by atoms with Crippen LogP contribution in [0.1, 0.15) is 8.35 Å². The summed E-state index contributed by atoms with van der Waals surface area (Å²) < 4.78 is 27.9. The van der Waals surface area contributed by atoms with Gasteiger partial charge in [0.2, 0.25) is 0 Å². The van der Waals surface area contributed by atoms with Crippen LogP contribution in [0, 0.1) is 0 Å². The van der Waals surface area contributed by atoms with Crippen molar-refractivity contribution in [1.82, 2.24) is 5.32 Å². The summed E-state index contributed by atoms with van der Waals surface area (Å²) in [7, 11) is 1.30. The Bertz CT molecular complexity index is 126. The highest BCUT2D eigenvalue weighted by molar-refractivity contribution is 5.66. The monoisotopic (exact) mass is 155 g/mol. The van der Waals surface area contributed by atoms with Gasteiger partial charge in [-0.15, -0.1) is 0 Å². The Kier molecular flexibility index (Phi) is 3.05. The summed E-state index contributed by atoms with van der Waals surface area (Å²) in [5.74, 6) is -2.95. The van der Waals surface area contributed by atoms with Crippen molar-refractivity contribution < 1.29 is 19.7 Å². The Balaban J connectivity index is 0. The molecule has 0 saturated carbocycles. The van der Waals surface area contributed by atoms with E-state index >= 15 is 0 Å². The third kappa shape index (κ3) is 5.27. The maximum Gasteiger partial charge on any atom is 0.407 e. The normalized spacial score (nSPS) is 10.8. The van der Waals surface area contributed by atoms with Gasteiger partial charge in [0.05, 0.1) is 0 Å². The van der Waals surface area contributed by atoms with E-state index in [-0.39, 0.29) is 1.43 Å². The number of carbonyl (C=O) groups excluding carboxylic acids is 1. The van der Waals surface area contributed by atoms with Crippen LogP contribution in [0.2, 0.25) is 0 Å². The molecule has 0 spiro atoms. The molecule has 0 rings (SSSR count). The lowest BCUT2D eigenvalue weighted by Gasteiger charge is -2.09. The molecule has 1 N–H and O–H groups in total. The summed E-state index contributed by atoms with van der Waals surface area (Å²) in [5.41, 5.74) is 0. The van der Waals surface area contributed by atoms with E-state index in [0.717, 1.165) is 0 Å². The first-order valence-electron chi connectivity index (χ1n) is 2.68. The van der Waals surface area contributed by atoms with Gasteiger partial charge < -0.3 is 10.1 Å². The highest BCUT2D eigenvalue weighted by Crippen LogP contribution is 2.10. The Labute approximate surface area is 58.8 Å². The fourth-order valence-corrected chi connectivity index (χ4v) is 0.264. The molecule has 0 aliphatic rings. The quantitative estimate of drug-likeness (QED) is 0.651. The van der Waals surface area contributed by atoms with Crippen molar-refractivity contribution in [2.75, 3.05) is 13.7 Å². The van der Waals surface area contributed by atoms with Crippen LogP contribution in [0.25, 0.3) is 0 Å². The molecule has 0 heterocycles. The molecule has 1 amide bonds. The average Bonchev–Trinajstić information content (AvgIpc) is 1.81. The van der Waals surface area contributed by atoms with Gasteiger partial charge in [-0.3, -0.25) is 0 Å². The minimum absolute atomic E-state index is 0. The highest BCUT2D eigenvalue weighted by Gasteiger charge is 2.22. The first kappa shape index (κ1) is 9.13. The fraction of sp³-hybridized carbons (Fsp3) is 0.800. The summed E-state index contributed by atoms with van der Waals surface area (Å²) >= 11 is 0. The molecule has 0 aromatic heterocycles. The van der Waals surface area contributed by atoms with Crippen molar-refractivity contribution in [1.29, 1.82) is 0 Å². The van der Waals surface area contributed by atoms with Crippen molar-refractivity contribution in [3.05, 3.63) is 0 Å². The molecule has 0 saturated heterocycles. The first-order chi connectivity index (χ1) is 4.45. The number of alkyl carbamates (subject to hydrolysis) is 1. The van der Waals surface area contributed by atoms with Crippen LogP contribution >= 0.6 is 0 Å². The third-order valence-electron chi connectivity index (χ3n) is 0.661. The molecular formula is C5H11F2NO2. The zero-order chi connectivity index (χ0) is 8.20. The van der Waals surface area contributed by atoms with Crippen LogP contribution < -0.4 is 5.32 Å². The lowest BCUT2D eigenvalue weighted by molar-refractivity contribution is -0.0381. The van der Waals surface area contributed by atoms with E-state index in [1.54, 1.807) is 0 Å². The standard InChI is InChI=1S/C5H9F2NO2.H2/c1-5(6,7)3-10-4(9)8-2;/h3H2,1-2H3,(H,8,9);1H. The van der Waals surface area contributed by atoms with Gasteiger partial charge in [-0.05, 0) is 0 Å². The van der Waals surface area contributed by atoms with E-state index in [1.807, 2.05) is 5.32 Å². The molecule has 0 aliphatic carbocycles. The van der Waals surface area contributed by atoms with Crippen LogP contribution in [-0.2, 0) is 4.74 Å². The average molecular weight is 155 g/mol. The van der Waals surface area contributed by atoms with Gasteiger partial charge in [-0.2, -0.15) is 0 Å². The number of carbonyl (C=O) groups is 1. The van der Waals surface area contributed by atoms with Crippen molar-refractivity contribution in [2.45, 2.75) is 12.8 Å². The van der Waals surface area contributed by atoms with Gasteiger partial charge in [0.25, 0.3) is 5.92 Å². The van der Waals surface area contributed by atoms with Gasteiger partial charge in [0.15, 0.2) is 6.61 Å². The second-order valence-electron chi connectivity index (χ2n) is 1.90. The number of ether oxygens (including phenoxy) is 1. The van der Waals surface area contributed by atoms with Crippen molar-refractivity contribution >= 4 is 6.09 Å². The summed E-state index contributed by atoms with van der Waals surface area (Å²) in [4.78, 5) is 10.2. The van der Waals surface area contributed by atoms with E-state index in [1.165, 1.54) is 7.05 Å². The van der Waals surface area contributed by atoms with Gasteiger partial charge in [0.1, 0.15) is 0 Å². The molecule has 3 nitrogen and oxygen atoms in total. The fourth-order valence-electron chi connectivity index (χ4n) is 0.264. The van der Waals surface area contributed by atoms with E-state index in [4.69, 9.17) is 0 Å². The smallest absolute Gasteiger partial charge is 0.407 e. The van der Waals surface area contributed by atoms with Crippen molar-refractivity contribution in [2.24, 2.45) is 0 Å². The number of amides is 1. The van der Waals surface area contributed by atoms with Gasteiger partial charge >= 0.3 is 6.09 Å². The number of halogens is 2. The molecule has 0 aromatic rings. The molecule has 5 heteroatoms. The molecular weight excluding hydrogens is 144 g/mol. The Morgan fingerprint density at radius 3 is 2.60 bits per heavy atom. The van der Waals surface area contributed by atoms with E-state index in [2.05, 4.69) is 4.74 Å². The second-order valence-corrected chi connectivity index (χ2v) is 1.90. The van der Waals surface area contributed by atoms with Gasteiger partial charge in [0, 0.05) is 15.4 Å². The zero-order valence-corrected chi connectivity index (χ0v) is 5.78. The number of hydrogen-bond donors (Lipinski definition) is 1. The van der Waals surface area contributed by atoms with Crippen LogP contribution in [0.15, 0.2) is 0 Å². The maximum absolute atomic E-state index is 11.9. The molecule has 0 radical (unpaired) electrons. The number of rotatable bonds is 2. The lowest BCUT2D eigenvalue weighted by atomic mass is 10.4. The molecule has 0 aliphatic heterocycles. The second kappa shape index (κ2) is 3.34. The van der Waals surface area contributed by atoms with Gasteiger partial charge in [-0.25, -0.2) is 13.6 Å². The predicted octanol–water partition coefficient (Wildman–Crippen LogP) is 1.24. The summed E-state index contributed by atoms with van der Waals surface area (Å²) in [6, 6.07) is 0. The van der Waals surface area contributed by atoms with E-state index in [0.29, 0.717) is 6.92 Å². The zero-order valence-electron chi connectivity index (χ0n) is 5.78. The minimum Gasteiger partial charge on any atom is -0.443 e. The maximum atomic E-state index is 11.9. The largest absolute Gasteiger partial charge is 0.443 e. The Hall–Kier alpha value is -0.870. The molecule has 0 fully saturated rings. The topological polar surface area (TPSA) is 38.3 Å². The van der Waals surface area contributed by atoms with Crippen LogP contribution in [0.4, 0.5) is 13.6 Å². The number of nitrogens with one attached hydrogen (secondary N) is 1. The minimum atomic E-state index is -2.95.